The van der Waals surface area contributed by atoms with Gasteiger partial charge in [0.1, 0.15) is 11.6 Å². The molecule has 0 fully saturated rings. The summed E-state index contributed by atoms with van der Waals surface area (Å²) in [6, 6.07) is 9.21. The minimum absolute atomic E-state index is 0.0573. The van der Waals surface area contributed by atoms with Gasteiger partial charge in [0.15, 0.2) is 0 Å². The summed E-state index contributed by atoms with van der Waals surface area (Å²) in [6.07, 6.45) is 1.58. The summed E-state index contributed by atoms with van der Waals surface area (Å²) in [5.41, 5.74) is 3.59. The van der Waals surface area contributed by atoms with Crippen molar-refractivity contribution in [2.75, 3.05) is 7.05 Å². The van der Waals surface area contributed by atoms with Crippen molar-refractivity contribution in [1.29, 1.82) is 5.26 Å². The van der Waals surface area contributed by atoms with Gasteiger partial charge in [-0.05, 0) is 49.8 Å². The Bertz CT molecular complexity index is 844. The fourth-order valence-electron chi connectivity index (χ4n) is 2.39. The van der Waals surface area contributed by atoms with Crippen LogP contribution in [0.2, 0.25) is 10.0 Å². The zero-order chi connectivity index (χ0) is 17.1. The molecule has 1 N–H and O–H groups in total. The molecule has 0 atom stereocenters. The van der Waals surface area contributed by atoms with Gasteiger partial charge in [-0.15, -0.1) is 0 Å². The van der Waals surface area contributed by atoms with Gasteiger partial charge in [0, 0.05) is 24.1 Å². The minimum Gasteiger partial charge on any atom is -0.354 e. The Labute approximate surface area is 144 Å². The van der Waals surface area contributed by atoms with Crippen molar-refractivity contribution in [1.82, 2.24) is 9.88 Å². The highest BCUT2D eigenvalue weighted by Crippen LogP contribution is 2.28. The number of nitrogens with one attached hydrogen (secondary N) is 1. The molecule has 0 aliphatic rings. The normalized spacial score (nSPS) is 11.2. The first-order chi connectivity index (χ1) is 10.9. The number of benzene rings is 1. The maximum absolute atomic E-state index is 11.7. The SMILES string of the molecule is CNC(=O)/C(C#N)=C/c1cc(C)n(-c2ccc(Cl)c(Cl)c2)c1C. The average Bonchev–Trinajstić information content (AvgIpc) is 2.81. The fraction of sp³-hybridized carbons (Fsp3) is 0.176. The van der Waals surface area contributed by atoms with Crippen LogP contribution in [0.5, 0.6) is 0 Å². The predicted molar refractivity (Wildman–Crippen MR) is 92.9 cm³/mol. The van der Waals surface area contributed by atoms with E-state index in [4.69, 9.17) is 28.5 Å². The average molecular weight is 348 g/mol. The zero-order valence-electron chi connectivity index (χ0n) is 12.9. The molecule has 4 nitrogen and oxygen atoms in total. The van der Waals surface area contributed by atoms with Crippen molar-refractivity contribution < 1.29 is 4.79 Å². The Morgan fingerprint density at radius 2 is 1.96 bits per heavy atom. The molecule has 1 heterocycles. The molecule has 0 aliphatic carbocycles. The number of hydrogen-bond donors (Lipinski definition) is 1. The topological polar surface area (TPSA) is 57.8 Å². The zero-order valence-corrected chi connectivity index (χ0v) is 14.5. The van der Waals surface area contributed by atoms with E-state index in [1.807, 2.05) is 36.6 Å². The van der Waals surface area contributed by atoms with E-state index in [2.05, 4.69) is 5.32 Å². The smallest absolute Gasteiger partial charge is 0.261 e. The van der Waals surface area contributed by atoms with E-state index in [0.29, 0.717) is 10.0 Å². The van der Waals surface area contributed by atoms with Crippen LogP contribution in [-0.2, 0) is 4.79 Å². The third-order valence-electron chi connectivity index (χ3n) is 3.52. The Balaban J connectivity index is 2.56. The molecule has 118 valence electrons. The van der Waals surface area contributed by atoms with Crippen LogP contribution in [0, 0.1) is 25.2 Å². The van der Waals surface area contributed by atoms with E-state index in [9.17, 15) is 4.79 Å². The molecule has 2 rings (SSSR count). The van der Waals surface area contributed by atoms with Gasteiger partial charge in [0.25, 0.3) is 5.91 Å². The number of carbonyl (C=O) groups excluding carboxylic acids is 1. The van der Waals surface area contributed by atoms with Crippen LogP contribution in [0.15, 0.2) is 29.8 Å². The van der Waals surface area contributed by atoms with Crippen molar-refractivity contribution in [3.05, 3.63) is 56.8 Å². The molecule has 0 bridgehead atoms. The van der Waals surface area contributed by atoms with Gasteiger partial charge in [0.05, 0.1) is 10.0 Å². The molecule has 0 saturated carbocycles. The molecule has 0 aliphatic heterocycles. The van der Waals surface area contributed by atoms with Crippen LogP contribution in [0.4, 0.5) is 0 Å². The molecule has 0 radical (unpaired) electrons. The second-order valence-corrected chi connectivity index (χ2v) is 5.82. The van der Waals surface area contributed by atoms with Crippen molar-refractivity contribution >= 4 is 35.2 Å². The van der Waals surface area contributed by atoms with Crippen molar-refractivity contribution in [2.24, 2.45) is 0 Å². The Kier molecular flexibility index (Phi) is 5.15. The summed E-state index contributed by atoms with van der Waals surface area (Å²) in [6.45, 7) is 3.86. The quantitative estimate of drug-likeness (QED) is 0.672. The molecular formula is C17H15Cl2N3O. The van der Waals surface area contributed by atoms with Gasteiger partial charge in [-0.2, -0.15) is 5.26 Å². The maximum atomic E-state index is 11.7. The van der Waals surface area contributed by atoms with Crippen LogP contribution < -0.4 is 5.32 Å². The number of aromatic nitrogens is 1. The number of likely N-dealkylation sites (N-methyl/N-ethyl adjacent to an activating group) is 1. The standard InChI is InChI=1S/C17H15Cl2N3O/c1-10-6-12(7-13(9-20)17(23)21-3)11(2)22(10)14-4-5-15(18)16(19)8-14/h4-8H,1-3H3,(H,21,23)/b13-7+. The van der Waals surface area contributed by atoms with Gasteiger partial charge in [-0.3, -0.25) is 4.79 Å². The number of hydrogen-bond acceptors (Lipinski definition) is 2. The number of rotatable bonds is 3. The number of aryl methyl sites for hydroxylation is 1. The Morgan fingerprint density at radius 3 is 2.52 bits per heavy atom. The fourth-order valence-corrected chi connectivity index (χ4v) is 2.69. The Morgan fingerprint density at radius 1 is 1.26 bits per heavy atom. The molecule has 0 saturated heterocycles. The number of amides is 1. The first-order valence-electron chi connectivity index (χ1n) is 6.87. The minimum atomic E-state index is -0.410. The number of halogens is 2. The summed E-state index contributed by atoms with van der Waals surface area (Å²) in [5.74, 6) is -0.410. The summed E-state index contributed by atoms with van der Waals surface area (Å²) in [7, 11) is 1.49. The van der Waals surface area contributed by atoms with Crippen molar-refractivity contribution in [3.8, 4) is 11.8 Å². The van der Waals surface area contributed by atoms with Gasteiger partial charge in [-0.1, -0.05) is 23.2 Å². The molecular weight excluding hydrogens is 333 g/mol. The lowest BCUT2D eigenvalue weighted by Crippen LogP contribution is -2.19. The van der Waals surface area contributed by atoms with Gasteiger partial charge < -0.3 is 9.88 Å². The van der Waals surface area contributed by atoms with E-state index in [-0.39, 0.29) is 5.57 Å². The van der Waals surface area contributed by atoms with Crippen molar-refractivity contribution in [2.45, 2.75) is 13.8 Å². The van der Waals surface area contributed by atoms with Crippen molar-refractivity contribution in [3.63, 3.8) is 0 Å². The highest BCUT2D eigenvalue weighted by molar-refractivity contribution is 6.42. The van der Waals surface area contributed by atoms with E-state index < -0.39 is 5.91 Å². The molecule has 1 aromatic heterocycles. The third kappa shape index (κ3) is 3.42. The number of carbonyl (C=O) groups is 1. The first-order valence-corrected chi connectivity index (χ1v) is 7.63. The highest BCUT2D eigenvalue weighted by Gasteiger charge is 2.13. The summed E-state index contributed by atoms with van der Waals surface area (Å²) in [4.78, 5) is 11.7. The van der Waals surface area contributed by atoms with E-state index in [0.717, 1.165) is 22.6 Å². The van der Waals surface area contributed by atoms with Crippen LogP contribution in [0.25, 0.3) is 11.8 Å². The lowest BCUT2D eigenvalue weighted by Gasteiger charge is -2.10. The Hall–Kier alpha value is -2.22. The van der Waals surface area contributed by atoms with E-state index in [1.165, 1.54) is 7.05 Å². The molecule has 0 unspecified atom stereocenters. The van der Waals surface area contributed by atoms with E-state index >= 15 is 0 Å². The molecule has 0 spiro atoms. The van der Waals surface area contributed by atoms with Gasteiger partial charge in [0.2, 0.25) is 0 Å². The molecule has 1 aromatic carbocycles. The molecule has 23 heavy (non-hydrogen) atoms. The highest BCUT2D eigenvalue weighted by atomic mass is 35.5. The maximum Gasteiger partial charge on any atom is 0.261 e. The van der Waals surface area contributed by atoms with Crippen LogP contribution >= 0.6 is 23.2 Å². The monoisotopic (exact) mass is 347 g/mol. The molecule has 1 amide bonds. The summed E-state index contributed by atoms with van der Waals surface area (Å²) >= 11 is 12.0. The third-order valence-corrected chi connectivity index (χ3v) is 4.26. The molecule has 6 heteroatoms. The number of nitriles is 1. The van der Waals surface area contributed by atoms with Gasteiger partial charge in [-0.25, -0.2) is 0 Å². The van der Waals surface area contributed by atoms with Crippen LogP contribution in [0.1, 0.15) is 17.0 Å². The second-order valence-electron chi connectivity index (χ2n) is 5.01. The first kappa shape index (κ1) is 17.1. The second kappa shape index (κ2) is 6.91. The van der Waals surface area contributed by atoms with Crippen LogP contribution in [0.3, 0.4) is 0 Å². The lowest BCUT2D eigenvalue weighted by molar-refractivity contribution is -0.116. The summed E-state index contributed by atoms with van der Waals surface area (Å²) < 4.78 is 1.99. The lowest BCUT2D eigenvalue weighted by atomic mass is 10.1. The summed E-state index contributed by atoms with van der Waals surface area (Å²) in [5, 5.41) is 12.5. The van der Waals surface area contributed by atoms with Crippen LogP contribution in [-0.4, -0.2) is 17.5 Å². The molecule has 2 aromatic rings. The number of nitrogens with zero attached hydrogens (tertiary/aromatic N) is 2. The van der Waals surface area contributed by atoms with E-state index in [1.54, 1.807) is 18.2 Å². The predicted octanol–water partition coefficient (Wildman–Crippen LogP) is 4.05. The largest absolute Gasteiger partial charge is 0.354 e. The van der Waals surface area contributed by atoms with Gasteiger partial charge >= 0.3 is 0 Å².